The third kappa shape index (κ3) is 1.24. The van der Waals surface area contributed by atoms with Gasteiger partial charge in [-0.3, -0.25) is 0 Å². The van der Waals surface area contributed by atoms with Crippen molar-refractivity contribution in [3.63, 3.8) is 0 Å². The molecule has 1 heteroatoms. The summed E-state index contributed by atoms with van der Waals surface area (Å²) in [7, 11) is 0. The van der Waals surface area contributed by atoms with Gasteiger partial charge in [0.05, 0.1) is 11.1 Å². The fourth-order valence-corrected chi connectivity index (χ4v) is 2.19. The van der Waals surface area contributed by atoms with Crippen LogP contribution in [-0.2, 0) is 0 Å². The highest BCUT2D eigenvalue weighted by Crippen LogP contribution is 2.28. The van der Waals surface area contributed by atoms with Gasteiger partial charge in [0.2, 0.25) is 0 Å². The number of nitrogens with one attached hydrogen (secondary N) is 1. The average Bonchev–Trinajstić information content (AvgIpc) is 2.75. The van der Waals surface area contributed by atoms with Crippen LogP contribution in [0, 0.1) is 24.7 Å². The predicted molar refractivity (Wildman–Crippen MR) is 71.7 cm³/mol. The van der Waals surface area contributed by atoms with Crippen LogP contribution in [0.15, 0.2) is 36.4 Å². The van der Waals surface area contributed by atoms with Crippen LogP contribution in [-0.4, -0.2) is 4.98 Å². The molecule has 0 bridgehead atoms. The molecule has 1 aromatic heterocycles. The Labute approximate surface area is 99.5 Å². The van der Waals surface area contributed by atoms with Gasteiger partial charge in [-0.05, 0) is 12.1 Å². The molecule has 0 spiro atoms. The van der Waals surface area contributed by atoms with E-state index in [9.17, 15) is 0 Å². The molecule has 0 atom stereocenters. The van der Waals surface area contributed by atoms with Crippen LogP contribution >= 0.6 is 0 Å². The Kier molecular flexibility index (Phi) is 1.94. The fourth-order valence-electron chi connectivity index (χ4n) is 2.19. The van der Waals surface area contributed by atoms with E-state index in [1.54, 1.807) is 0 Å². The summed E-state index contributed by atoms with van der Waals surface area (Å²) in [6, 6.07) is 12.0. The minimum absolute atomic E-state index is 0.756. The smallest absolute Gasteiger partial charge is 0.0640 e. The lowest BCUT2D eigenvalue weighted by Crippen LogP contribution is -1.84. The first kappa shape index (κ1) is 9.58. The Hall–Kier alpha value is -2.64. The maximum Gasteiger partial charge on any atom is 0.0640 e. The number of hydrogen-bond donors (Lipinski definition) is 1. The molecule has 78 valence electrons. The molecular formula is C16H9N. The molecule has 1 heterocycles. The van der Waals surface area contributed by atoms with E-state index in [2.05, 4.69) is 22.9 Å². The van der Waals surface area contributed by atoms with Crippen LogP contribution in [0.3, 0.4) is 0 Å². The first-order valence-electron chi connectivity index (χ1n) is 5.32. The van der Waals surface area contributed by atoms with E-state index in [0.717, 1.165) is 27.5 Å². The van der Waals surface area contributed by atoms with Crippen molar-refractivity contribution < 1.29 is 0 Å². The third-order valence-electron chi connectivity index (χ3n) is 2.98. The lowest BCUT2D eigenvalue weighted by atomic mass is 10.0. The van der Waals surface area contributed by atoms with Gasteiger partial charge in [-0.2, -0.15) is 0 Å². The summed E-state index contributed by atoms with van der Waals surface area (Å²) in [5.74, 6) is 5.30. The Morgan fingerprint density at radius 3 is 2.47 bits per heavy atom. The van der Waals surface area contributed by atoms with Crippen molar-refractivity contribution in [3.8, 4) is 24.7 Å². The van der Waals surface area contributed by atoms with Crippen molar-refractivity contribution in [2.24, 2.45) is 0 Å². The molecule has 0 unspecified atom stereocenters. The standard InChI is InChI=1S/C16H9N/c1-3-11-9-10-14-13-7-5-6-8-15(13)17-16(14)12(11)4-2/h1-2,5-10,17H. The zero-order valence-corrected chi connectivity index (χ0v) is 9.12. The highest BCUT2D eigenvalue weighted by Gasteiger charge is 2.09. The molecule has 0 radical (unpaired) electrons. The highest BCUT2D eigenvalue weighted by molar-refractivity contribution is 6.09. The van der Waals surface area contributed by atoms with Crippen molar-refractivity contribution >= 4 is 21.8 Å². The molecule has 17 heavy (non-hydrogen) atoms. The van der Waals surface area contributed by atoms with Crippen LogP contribution in [0.1, 0.15) is 11.1 Å². The summed E-state index contributed by atoms with van der Waals surface area (Å²) in [6.07, 6.45) is 11.0. The molecule has 0 fully saturated rings. The minimum Gasteiger partial charge on any atom is -0.353 e. The van der Waals surface area contributed by atoms with E-state index in [4.69, 9.17) is 12.8 Å². The number of benzene rings is 2. The van der Waals surface area contributed by atoms with Crippen LogP contribution in [0.4, 0.5) is 0 Å². The molecule has 0 saturated heterocycles. The number of hydrogen-bond acceptors (Lipinski definition) is 0. The van der Waals surface area contributed by atoms with Crippen LogP contribution in [0.5, 0.6) is 0 Å². The Balaban J connectivity index is 2.58. The summed E-state index contributed by atoms with van der Waals surface area (Å²) in [4.78, 5) is 3.33. The molecule has 0 amide bonds. The molecule has 0 aliphatic heterocycles. The first-order valence-corrected chi connectivity index (χ1v) is 5.32. The lowest BCUT2D eigenvalue weighted by Gasteiger charge is -1.98. The van der Waals surface area contributed by atoms with E-state index in [0.29, 0.717) is 0 Å². The van der Waals surface area contributed by atoms with Gasteiger partial charge in [0.1, 0.15) is 0 Å². The zero-order valence-electron chi connectivity index (χ0n) is 9.12. The SMILES string of the molecule is C#Cc1ccc2c([nH]c3ccccc32)c1C#C. The maximum atomic E-state index is 5.55. The van der Waals surface area contributed by atoms with Crippen molar-refractivity contribution in [1.29, 1.82) is 0 Å². The zero-order chi connectivity index (χ0) is 11.8. The highest BCUT2D eigenvalue weighted by atomic mass is 14.7. The average molecular weight is 215 g/mol. The molecule has 2 aromatic carbocycles. The number of aromatic nitrogens is 1. The summed E-state index contributed by atoms with van der Waals surface area (Å²) in [6.45, 7) is 0. The summed E-state index contributed by atoms with van der Waals surface area (Å²) in [5, 5.41) is 2.29. The quantitative estimate of drug-likeness (QED) is 0.554. The van der Waals surface area contributed by atoms with Crippen molar-refractivity contribution in [2.75, 3.05) is 0 Å². The summed E-state index contributed by atoms with van der Waals surface area (Å²) < 4.78 is 0. The largest absolute Gasteiger partial charge is 0.353 e. The van der Waals surface area contributed by atoms with E-state index < -0.39 is 0 Å². The molecule has 3 aromatic rings. The second-order valence-corrected chi connectivity index (χ2v) is 3.87. The summed E-state index contributed by atoms with van der Waals surface area (Å²) in [5.41, 5.74) is 3.55. The number of H-pyrrole nitrogens is 1. The maximum absolute atomic E-state index is 5.55. The van der Waals surface area contributed by atoms with Gasteiger partial charge in [0.15, 0.2) is 0 Å². The van der Waals surface area contributed by atoms with Gasteiger partial charge in [-0.25, -0.2) is 0 Å². The number of para-hydroxylation sites is 1. The van der Waals surface area contributed by atoms with Gasteiger partial charge in [0.25, 0.3) is 0 Å². The van der Waals surface area contributed by atoms with Gasteiger partial charge in [-0.1, -0.05) is 36.1 Å². The molecular weight excluding hydrogens is 206 g/mol. The number of terminal acetylenes is 2. The monoisotopic (exact) mass is 215 g/mol. The molecule has 1 nitrogen and oxygen atoms in total. The normalized spacial score (nSPS) is 10.2. The first-order chi connectivity index (χ1) is 8.35. The van der Waals surface area contributed by atoms with E-state index in [1.807, 2.05) is 30.3 Å². The topological polar surface area (TPSA) is 15.8 Å². The predicted octanol–water partition coefficient (Wildman–Crippen LogP) is 3.28. The molecule has 0 aliphatic carbocycles. The van der Waals surface area contributed by atoms with Gasteiger partial charge >= 0.3 is 0 Å². The van der Waals surface area contributed by atoms with Crippen LogP contribution < -0.4 is 0 Å². The van der Waals surface area contributed by atoms with Crippen molar-refractivity contribution in [3.05, 3.63) is 47.5 Å². The van der Waals surface area contributed by atoms with Gasteiger partial charge in [0, 0.05) is 21.9 Å². The Bertz CT molecular complexity index is 807. The van der Waals surface area contributed by atoms with E-state index >= 15 is 0 Å². The van der Waals surface area contributed by atoms with Crippen molar-refractivity contribution in [1.82, 2.24) is 4.98 Å². The minimum atomic E-state index is 0.756. The number of rotatable bonds is 0. The molecule has 0 saturated carbocycles. The van der Waals surface area contributed by atoms with Crippen LogP contribution in [0.2, 0.25) is 0 Å². The van der Waals surface area contributed by atoms with Gasteiger partial charge in [-0.15, -0.1) is 12.8 Å². The lowest BCUT2D eigenvalue weighted by molar-refractivity contribution is 1.52. The molecule has 3 rings (SSSR count). The van der Waals surface area contributed by atoms with E-state index in [1.165, 1.54) is 5.39 Å². The van der Waals surface area contributed by atoms with Gasteiger partial charge < -0.3 is 4.98 Å². The molecule has 0 aliphatic rings. The second kappa shape index (κ2) is 3.44. The fraction of sp³-hybridized carbons (Fsp3) is 0. The number of fused-ring (bicyclic) bond motifs is 3. The Morgan fingerprint density at radius 2 is 1.71 bits per heavy atom. The summed E-state index contributed by atoms with van der Waals surface area (Å²) >= 11 is 0. The van der Waals surface area contributed by atoms with Crippen molar-refractivity contribution in [2.45, 2.75) is 0 Å². The third-order valence-corrected chi connectivity index (χ3v) is 2.98. The van der Waals surface area contributed by atoms with E-state index in [-0.39, 0.29) is 0 Å². The Morgan fingerprint density at radius 1 is 0.882 bits per heavy atom. The second-order valence-electron chi connectivity index (χ2n) is 3.87. The molecule has 1 N–H and O–H groups in total. The number of aromatic amines is 1. The van der Waals surface area contributed by atoms with Crippen LogP contribution in [0.25, 0.3) is 21.8 Å².